The van der Waals surface area contributed by atoms with Gasteiger partial charge in [0.1, 0.15) is 0 Å². The molecule has 0 saturated heterocycles. The number of nitrogens with zero attached hydrogens (tertiary/aromatic N) is 2. The van der Waals surface area contributed by atoms with Crippen LogP contribution in [-0.2, 0) is 13.0 Å². The molecule has 2 rings (SSSR count). The van der Waals surface area contributed by atoms with Gasteiger partial charge >= 0.3 is 0 Å². The molecule has 0 radical (unpaired) electrons. The van der Waals surface area contributed by atoms with Crippen molar-refractivity contribution in [2.75, 3.05) is 6.54 Å². The molecule has 0 amide bonds. The van der Waals surface area contributed by atoms with Crippen molar-refractivity contribution in [3.8, 4) is 6.19 Å². The molecule has 2 heteroatoms. The lowest BCUT2D eigenvalue weighted by Gasteiger charge is -2.24. The van der Waals surface area contributed by atoms with E-state index in [4.69, 9.17) is 5.26 Å². The van der Waals surface area contributed by atoms with Crippen LogP contribution in [0.2, 0.25) is 0 Å². The molecular weight excluding hydrogens is 160 g/mol. The van der Waals surface area contributed by atoms with E-state index in [1.165, 1.54) is 16.7 Å². The van der Waals surface area contributed by atoms with E-state index in [2.05, 4.69) is 31.3 Å². The number of benzene rings is 1. The Balaban J connectivity index is 2.32. The third-order valence-corrected chi connectivity index (χ3v) is 2.52. The topological polar surface area (TPSA) is 27.0 Å². The van der Waals surface area contributed by atoms with Crippen LogP contribution in [0.4, 0.5) is 0 Å². The Kier molecular flexibility index (Phi) is 1.94. The number of rotatable bonds is 0. The van der Waals surface area contributed by atoms with Crippen molar-refractivity contribution in [3.63, 3.8) is 0 Å². The molecule has 1 aliphatic heterocycles. The van der Waals surface area contributed by atoms with Crippen molar-refractivity contribution in [1.29, 1.82) is 5.26 Å². The molecule has 0 saturated carbocycles. The zero-order valence-corrected chi connectivity index (χ0v) is 7.75. The van der Waals surface area contributed by atoms with E-state index in [0.29, 0.717) is 0 Å². The van der Waals surface area contributed by atoms with Crippen molar-refractivity contribution >= 4 is 0 Å². The molecule has 0 aromatic heterocycles. The van der Waals surface area contributed by atoms with Crippen LogP contribution in [0.15, 0.2) is 18.2 Å². The molecule has 0 spiro atoms. The highest BCUT2D eigenvalue weighted by Gasteiger charge is 2.13. The van der Waals surface area contributed by atoms with Crippen LogP contribution in [0, 0.1) is 18.4 Å². The van der Waals surface area contributed by atoms with Gasteiger partial charge in [-0.1, -0.05) is 23.8 Å². The van der Waals surface area contributed by atoms with Gasteiger partial charge in [-0.15, -0.1) is 0 Å². The average Bonchev–Trinajstić information content (AvgIpc) is 2.17. The Morgan fingerprint density at radius 1 is 1.38 bits per heavy atom. The van der Waals surface area contributed by atoms with Crippen LogP contribution in [-0.4, -0.2) is 11.4 Å². The monoisotopic (exact) mass is 172 g/mol. The first-order valence-electron chi connectivity index (χ1n) is 4.52. The molecular formula is C11H12N2. The molecule has 0 aliphatic carbocycles. The largest absolute Gasteiger partial charge is 0.306 e. The van der Waals surface area contributed by atoms with Crippen molar-refractivity contribution < 1.29 is 0 Å². The standard InChI is InChI=1S/C11H12N2/c1-9-2-3-11-7-13(8-12)5-4-10(11)6-9/h2-3,6H,4-5,7H2,1H3. The molecule has 0 unspecified atom stereocenters. The van der Waals surface area contributed by atoms with Gasteiger partial charge in [-0.05, 0) is 24.5 Å². The molecule has 2 nitrogen and oxygen atoms in total. The minimum absolute atomic E-state index is 0.784. The minimum atomic E-state index is 0.784. The predicted molar refractivity (Wildman–Crippen MR) is 50.9 cm³/mol. The van der Waals surface area contributed by atoms with Crippen molar-refractivity contribution in [2.24, 2.45) is 0 Å². The Morgan fingerprint density at radius 3 is 3.00 bits per heavy atom. The third kappa shape index (κ3) is 1.50. The van der Waals surface area contributed by atoms with Gasteiger partial charge < -0.3 is 4.90 Å². The summed E-state index contributed by atoms with van der Waals surface area (Å²) in [4.78, 5) is 1.80. The van der Waals surface area contributed by atoms with Crippen molar-refractivity contribution in [2.45, 2.75) is 19.9 Å². The van der Waals surface area contributed by atoms with E-state index in [1.54, 1.807) is 4.90 Å². The van der Waals surface area contributed by atoms with Crippen LogP contribution in [0.1, 0.15) is 16.7 Å². The molecule has 0 fully saturated rings. The summed E-state index contributed by atoms with van der Waals surface area (Å²) in [7, 11) is 0. The van der Waals surface area contributed by atoms with Gasteiger partial charge in [0, 0.05) is 6.54 Å². The Bertz CT molecular complexity index is 363. The maximum Gasteiger partial charge on any atom is 0.179 e. The molecule has 13 heavy (non-hydrogen) atoms. The highest BCUT2D eigenvalue weighted by molar-refractivity contribution is 5.33. The molecule has 1 aromatic carbocycles. The lowest BCUT2D eigenvalue weighted by molar-refractivity contribution is 0.368. The van der Waals surface area contributed by atoms with E-state index < -0.39 is 0 Å². The molecule has 0 atom stereocenters. The highest BCUT2D eigenvalue weighted by Crippen LogP contribution is 2.19. The van der Waals surface area contributed by atoms with Gasteiger partial charge in [0.25, 0.3) is 0 Å². The van der Waals surface area contributed by atoms with E-state index in [1.807, 2.05) is 0 Å². The first-order valence-corrected chi connectivity index (χ1v) is 4.52. The average molecular weight is 172 g/mol. The van der Waals surface area contributed by atoms with Crippen molar-refractivity contribution in [3.05, 3.63) is 34.9 Å². The van der Waals surface area contributed by atoms with E-state index in [0.717, 1.165) is 19.5 Å². The summed E-state index contributed by atoms with van der Waals surface area (Å²) in [6, 6.07) is 6.47. The summed E-state index contributed by atoms with van der Waals surface area (Å²) in [6.45, 7) is 3.76. The van der Waals surface area contributed by atoms with Crippen LogP contribution < -0.4 is 0 Å². The minimum Gasteiger partial charge on any atom is -0.306 e. The first-order chi connectivity index (χ1) is 6.29. The summed E-state index contributed by atoms with van der Waals surface area (Å²) in [5, 5.41) is 8.75. The molecule has 0 N–H and O–H groups in total. The zero-order chi connectivity index (χ0) is 9.26. The fraction of sp³-hybridized carbons (Fsp3) is 0.364. The molecule has 66 valence electrons. The second-order valence-corrected chi connectivity index (χ2v) is 3.54. The fourth-order valence-electron chi connectivity index (χ4n) is 1.77. The smallest absolute Gasteiger partial charge is 0.179 e. The molecule has 0 bridgehead atoms. The number of hydrogen-bond acceptors (Lipinski definition) is 2. The lowest BCUT2D eigenvalue weighted by atomic mass is 9.98. The van der Waals surface area contributed by atoms with Gasteiger partial charge in [0.05, 0.1) is 6.54 Å². The second kappa shape index (κ2) is 3.10. The molecule has 1 aromatic rings. The summed E-state index contributed by atoms with van der Waals surface area (Å²) in [6.07, 6.45) is 3.20. The van der Waals surface area contributed by atoms with Gasteiger partial charge in [0.2, 0.25) is 0 Å². The quantitative estimate of drug-likeness (QED) is 0.558. The van der Waals surface area contributed by atoms with Gasteiger partial charge in [0.15, 0.2) is 6.19 Å². The summed E-state index contributed by atoms with van der Waals surface area (Å²) < 4.78 is 0. The Morgan fingerprint density at radius 2 is 2.23 bits per heavy atom. The summed E-state index contributed by atoms with van der Waals surface area (Å²) >= 11 is 0. The van der Waals surface area contributed by atoms with Crippen molar-refractivity contribution in [1.82, 2.24) is 4.90 Å². The number of hydrogen-bond donors (Lipinski definition) is 0. The van der Waals surface area contributed by atoms with E-state index in [9.17, 15) is 0 Å². The van der Waals surface area contributed by atoms with Crippen LogP contribution in [0.5, 0.6) is 0 Å². The maximum absolute atomic E-state index is 8.75. The van der Waals surface area contributed by atoms with Gasteiger partial charge in [-0.25, -0.2) is 0 Å². The fourth-order valence-corrected chi connectivity index (χ4v) is 1.77. The van der Waals surface area contributed by atoms with Crippen LogP contribution in [0.3, 0.4) is 0 Å². The highest BCUT2D eigenvalue weighted by atomic mass is 15.1. The van der Waals surface area contributed by atoms with E-state index >= 15 is 0 Å². The molecule has 1 aliphatic rings. The Labute approximate surface area is 78.4 Å². The zero-order valence-electron chi connectivity index (χ0n) is 7.75. The second-order valence-electron chi connectivity index (χ2n) is 3.54. The van der Waals surface area contributed by atoms with E-state index in [-0.39, 0.29) is 0 Å². The summed E-state index contributed by atoms with van der Waals surface area (Å²) in [5.74, 6) is 0. The van der Waals surface area contributed by atoms with Gasteiger partial charge in [-0.3, -0.25) is 0 Å². The predicted octanol–water partition coefficient (Wildman–Crippen LogP) is 1.83. The van der Waals surface area contributed by atoms with Crippen LogP contribution >= 0.6 is 0 Å². The third-order valence-electron chi connectivity index (χ3n) is 2.52. The Hall–Kier alpha value is -1.49. The number of nitriles is 1. The molecule has 1 heterocycles. The first kappa shape index (κ1) is 8.12. The van der Waals surface area contributed by atoms with Gasteiger partial charge in [-0.2, -0.15) is 5.26 Å². The van der Waals surface area contributed by atoms with Crippen LogP contribution in [0.25, 0.3) is 0 Å². The lowest BCUT2D eigenvalue weighted by Crippen LogP contribution is -2.25. The number of aryl methyl sites for hydroxylation is 1. The maximum atomic E-state index is 8.75. The normalized spacial score (nSPS) is 14.9. The summed E-state index contributed by atoms with van der Waals surface area (Å²) in [5.41, 5.74) is 4.02. The number of fused-ring (bicyclic) bond motifs is 1. The SMILES string of the molecule is Cc1ccc2c(c1)CCN(C#N)C2.